The third-order valence-corrected chi connectivity index (χ3v) is 6.31. The van der Waals surface area contributed by atoms with E-state index in [4.69, 9.17) is 15.9 Å². The minimum absolute atomic E-state index is 0.0306. The number of anilines is 1. The molecule has 1 aromatic heterocycles. The Morgan fingerprint density at radius 1 is 1.21 bits per heavy atom. The highest BCUT2D eigenvalue weighted by Gasteiger charge is 2.26. The van der Waals surface area contributed by atoms with E-state index < -0.39 is 30.2 Å². The van der Waals surface area contributed by atoms with Gasteiger partial charge in [-0.05, 0) is 37.0 Å². The van der Waals surface area contributed by atoms with E-state index in [-0.39, 0.29) is 35.3 Å². The van der Waals surface area contributed by atoms with Crippen LogP contribution in [0.25, 0.3) is 0 Å². The van der Waals surface area contributed by atoms with Crippen LogP contribution in [0.1, 0.15) is 45.1 Å². The zero-order valence-corrected chi connectivity index (χ0v) is 18.4. The van der Waals surface area contributed by atoms with E-state index in [0.717, 1.165) is 16.0 Å². The molecule has 3 amide bonds. The maximum atomic E-state index is 14.4. The summed E-state index contributed by atoms with van der Waals surface area (Å²) in [4.78, 5) is 53.0. The summed E-state index contributed by atoms with van der Waals surface area (Å²) < 4.78 is 14.4. The smallest absolute Gasteiger partial charge is 0.355 e. The summed E-state index contributed by atoms with van der Waals surface area (Å²) in [6.45, 7) is 0.600. The van der Waals surface area contributed by atoms with Crippen LogP contribution in [0.15, 0.2) is 23.6 Å². The number of benzene rings is 1. The first kappa shape index (κ1) is 24.1. The fraction of sp³-hybridized carbons (Fsp3) is 0.381. The van der Waals surface area contributed by atoms with Crippen LogP contribution in [-0.2, 0) is 11.2 Å². The van der Waals surface area contributed by atoms with Gasteiger partial charge in [0, 0.05) is 37.0 Å². The van der Waals surface area contributed by atoms with Gasteiger partial charge in [0.05, 0.1) is 17.1 Å². The van der Waals surface area contributed by atoms with Gasteiger partial charge in [0.2, 0.25) is 0 Å². The highest BCUT2D eigenvalue weighted by molar-refractivity contribution is 7.09. The number of carbonyl (C=O) groups is 4. The molecule has 0 unspecified atom stereocenters. The Labute approximate surface area is 192 Å². The molecular formula is C21H23FN4O6S. The largest absolute Gasteiger partial charge is 0.481 e. The SMILES string of the molecule is NC(=O)N(CCC(=O)O)c1cc(C(=O)N2CCC(Cc3nc(C(=O)O)cs3)CC2)ccc1F. The molecule has 1 saturated heterocycles. The average Bonchev–Trinajstić information content (AvgIpc) is 3.23. The normalized spacial score (nSPS) is 14.2. The predicted octanol–water partition coefficient (Wildman–Crippen LogP) is 2.44. The number of carbonyl (C=O) groups excluding carboxylic acids is 2. The summed E-state index contributed by atoms with van der Waals surface area (Å²) in [6.07, 6.45) is 1.61. The summed E-state index contributed by atoms with van der Waals surface area (Å²) in [6, 6.07) is 2.55. The molecule has 0 saturated carbocycles. The molecule has 33 heavy (non-hydrogen) atoms. The number of hydrogen-bond donors (Lipinski definition) is 3. The van der Waals surface area contributed by atoms with Gasteiger partial charge < -0.3 is 20.8 Å². The zero-order valence-electron chi connectivity index (χ0n) is 17.6. The lowest BCUT2D eigenvalue weighted by atomic mass is 9.93. The Morgan fingerprint density at radius 3 is 2.48 bits per heavy atom. The lowest BCUT2D eigenvalue weighted by Gasteiger charge is -2.32. The van der Waals surface area contributed by atoms with Crippen LogP contribution in [0, 0.1) is 11.7 Å². The number of carboxylic acid groups (broad SMARTS) is 2. The Kier molecular flexibility index (Phi) is 7.59. The van der Waals surface area contributed by atoms with E-state index in [1.54, 1.807) is 4.90 Å². The van der Waals surface area contributed by atoms with Crippen molar-refractivity contribution in [1.29, 1.82) is 0 Å². The van der Waals surface area contributed by atoms with Gasteiger partial charge in [0.25, 0.3) is 5.91 Å². The number of rotatable bonds is 8. The number of urea groups is 1. The predicted molar refractivity (Wildman–Crippen MR) is 117 cm³/mol. The zero-order chi connectivity index (χ0) is 24.1. The molecular weight excluding hydrogens is 455 g/mol. The second-order valence-corrected chi connectivity index (χ2v) is 8.61. The quantitative estimate of drug-likeness (QED) is 0.526. The van der Waals surface area contributed by atoms with Crippen molar-refractivity contribution in [3.63, 3.8) is 0 Å². The van der Waals surface area contributed by atoms with Crippen LogP contribution in [0.4, 0.5) is 14.9 Å². The second kappa shape index (κ2) is 10.4. The highest BCUT2D eigenvalue weighted by Crippen LogP contribution is 2.26. The number of halogens is 1. The first-order chi connectivity index (χ1) is 15.7. The number of piperidine rings is 1. The van der Waals surface area contributed by atoms with Gasteiger partial charge >= 0.3 is 18.0 Å². The third-order valence-electron chi connectivity index (χ3n) is 5.44. The molecule has 1 aliphatic rings. The molecule has 2 heterocycles. The maximum Gasteiger partial charge on any atom is 0.355 e. The maximum absolute atomic E-state index is 14.4. The van der Waals surface area contributed by atoms with Crippen LogP contribution in [0.5, 0.6) is 0 Å². The number of nitrogens with zero attached hydrogens (tertiary/aromatic N) is 3. The van der Waals surface area contributed by atoms with Gasteiger partial charge in [0.15, 0.2) is 5.69 Å². The first-order valence-corrected chi connectivity index (χ1v) is 11.1. The summed E-state index contributed by atoms with van der Waals surface area (Å²) in [5, 5.41) is 20.1. The van der Waals surface area contributed by atoms with Crippen molar-refractivity contribution in [1.82, 2.24) is 9.88 Å². The highest BCUT2D eigenvalue weighted by atomic mass is 32.1. The summed E-state index contributed by atoms with van der Waals surface area (Å²) in [7, 11) is 0. The van der Waals surface area contributed by atoms with E-state index >= 15 is 0 Å². The number of amides is 3. The van der Waals surface area contributed by atoms with Crippen molar-refractivity contribution in [3.8, 4) is 0 Å². The standard InChI is InChI=1S/C21H23FN4O6S/c22-14-2-1-13(10-16(14)26(21(23)32)8-5-18(27)28)19(29)25-6-3-12(4-7-25)9-17-24-15(11-33-17)20(30)31/h1-2,10-12H,3-9H2,(H2,23,32)(H,27,28)(H,30,31). The van der Waals surface area contributed by atoms with E-state index in [1.165, 1.54) is 28.8 Å². The van der Waals surface area contributed by atoms with Gasteiger partial charge in [-0.2, -0.15) is 0 Å². The topological polar surface area (TPSA) is 154 Å². The third kappa shape index (κ3) is 6.04. The van der Waals surface area contributed by atoms with Crippen molar-refractivity contribution in [2.24, 2.45) is 11.7 Å². The van der Waals surface area contributed by atoms with E-state index in [9.17, 15) is 23.6 Å². The molecule has 1 aliphatic heterocycles. The van der Waals surface area contributed by atoms with Crippen molar-refractivity contribution < 1.29 is 33.8 Å². The molecule has 3 rings (SSSR count). The molecule has 2 aromatic rings. The lowest BCUT2D eigenvalue weighted by Crippen LogP contribution is -2.40. The number of hydrogen-bond acceptors (Lipinski definition) is 6. The number of nitrogens with two attached hydrogens (primary N) is 1. The van der Waals surface area contributed by atoms with Gasteiger partial charge in [-0.15, -0.1) is 11.3 Å². The Hall–Kier alpha value is -3.54. The van der Waals surface area contributed by atoms with Gasteiger partial charge in [-0.1, -0.05) is 0 Å². The molecule has 1 aromatic carbocycles. The fourth-order valence-electron chi connectivity index (χ4n) is 3.68. The van der Waals surface area contributed by atoms with Crippen LogP contribution in [-0.4, -0.2) is 63.6 Å². The van der Waals surface area contributed by atoms with Crippen LogP contribution >= 0.6 is 11.3 Å². The van der Waals surface area contributed by atoms with Crippen LogP contribution in [0.2, 0.25) is 0 Å². The Bertz CT molecular complexity index is 1070. The lowest BCUT2D eigenvalue weighted by molar-refractivity contribution is -0.136. The molecule has 12 heteroatoms. The van der Waals surface area contributed by atoms with Gasteiger partial charge in [0.1, 0.15) is 5.82 Å². The van der Waals surface area contributed by atoms with Crippen molar-refractivity contribution >= 4 is 40.9 Å². The van der Waals surface area contributed by atoms with Crippen LogP contribution in [0.3, 0.4) is 0 Å². The first-order valence-electron chi connectivity index (χ1n) is 10.2. The Balaban J connectivity index is 1.65. The molecule has 1 fully saturated rings. The molecule has 0 bridgehead atoms. The van der Waals surface area contributed by atoms with Crippen molar-refractivity contribution in [2.45, 2.75) is 25.7 Å². The summed E-state index contributed by atoms with van der Waals surface area (Å²) >= 11 is 1.30. The number of primary amides is 1. The minimum Gasteiger partial charge on any atom is -0.481 e. The molecule has 0 atom stereocenters. The van der Waals surface area contributed by atoms with Gasteiger partial charge in [-0.25, -0.2) is 19.0 Å². The molecule has 4 N–H and O–H groups in total. The minimum atomic E-state index is -1.17. The molecule has 10 nitrogen and oxygen atoms in total. The number of aliphatic carboxylic acids is 1. The fourth-order valence-corrected chi connectivity index (χ4v) is 4.57. The molecule has 176 valence electrons. The van der Waals surface area contributed by atoms with Gasteiger partial charge in [-0.3, -0.25) is 14.5 Å². The van der Waals surface area contributed by atoms with Crippen LogP contribution < -0.4 is 10.6 Å². The monoisotopic (exact) mass is 478 g/mol. The average molecular weight is 479 g/mol. The number of aromatic nitrogens is 1. The van der Waals surface area contributed by atoms with E-state index in [0.29, 0.717) is 32.4 Å². The van der Waals surface area contributed by atoms with E-state index in [2.05, 4.69) is 4.98 Å². The molecule has 0 aliphatic carbocycles. The number of aromatic carboxylic acids is 1. The summed E-state index contributed by atoms with van der Waals surface area (Å²) in [5.41, 5.74) is 5.23. The molecule has 0 spiro atoms. The second-order valence-electron chi connectivity index (χ2n) is 7.67. The van der Waals surface area contributed by atoms with E-state index in [1.807, 2.05) is 0 Å². The molecule has 0 radical (unpaired) electrons. The Morgan fingerprint density at radius 2 is 1.91 bits per heavy atom. The van der Waals surface area contributed by atoms with Crippen molar-refractivity contribution in [3.05, 3.63) is 45.7 Å². The van der Waals surface area contributed by atoms with Crippen molar-refractivity contribution in [2.75, 3.05) is 24.5 Å². The number of thiazole rings is 1. The summed E-state index contributed by atoms with van der Waals surface area (Å²) in [5.74, 6) is -3.10. The number of carboxylic acids is 2. The number of likely N-dealkylation sites (tertiary alicyclic amines) is 1.